The summed E-state index contributed by atoms with van der Waals surface area (Å²) in [6, 6.07) is 25.1. The fourth-order valence-electron chi connectivity index (χ4n) is 4.11. The average Bonchev–Trinajstić information content (AvgIpc) is 3.41. The average molecular weight is 493 g/mol. The van der Waals surface area contributed by atoms with Gasteiger partial charge in [0.15, 0.2) is 6.61 Å². The highest BCUT2D eigenvalue weighted by Gasteiger charge is 2.32. The van der Waals surface area contributed by atoms with Crippen molar-refractivity contribution in [2.45, 2.75) is 31.5 Å². The van der Waals surface area contributed by atoms with Crippen LogP contribution in [-0.2, 0) is 20.9 Å². The number of hydrogen-bond donors (Lipinski definition) is 1. The van der Waals surface area contributed by atoms with Crippen LogP contribution < -0.4 is 10.1 Å². The number of nitrogens with zero attached hydrogens (tertiary/aromatic N) is 1. The summed E-state index contributed by atoms with van der Waals surface area (Å²) in [4.78, 5) is 28.7. The number of rotatable bonds is 10. The van der Waals surface area contributed by atoms with Crippen LogP contribution in [0.1, 0.15) is 30.0 Å². The molecule has 3 aromatic carbocycles. The van der Waals surface area contributed by atoms with Crippen molar-refractivity contribution in [2.24, 2.45) is 0 Å². The van der Waals surface area contributed by atoms with E-state index in [0.717, 1.165) is 24.0 Å². The van der Waals surface area contributed by atoms with Crippen molar-refractivity contribution >= 4 is 23.4 Å². The second-order valence-corrected chi connectivity index (χ2v) is 8.83. The lowest BCUT2D eigenvalue weighted by Crippen LogP contribution is -2.46. The molecule has 1 heterocycles. The lowest BCUT2D eigenvalue weighted by atomic mass is 10.0. The number of carbonyl (C=O) groups excluding carboxylic acids is 2. The zero-order valence-corrected chi connectivity index (χ0v) is 20.2. The van der Waals surface area contributed by atoms with Crippen molar-refractivity contribution in [1.82, 2.24) is 10.2 Å². The molecule has 182 valence electrons. The molecule has 3 aromatic rings. The number of amides is 2. The summed E-state index contributed by atoms with van der Waals surface area (Å²) in [6.45, 7) is 1.11. The molecule has 1 aliphatic heterocycles. The Kier molecular flexibility index (Phi) is 8.76. The molecule has 0 aliphatic carbocycles. The van der Waals surface area contributed by atoms with Crippen molar-refractivity contribution in [3.05, 3.63) is 101 Å². The van der Waals surface area contributed by atoms with Gasteiger partial charge in [-0.1, -0.05) is 84.4 Å². The smallest absolute Gasteiger partial charge is 0.261 e. The SMILES string of the molecule is O=C(NC[C@@H]1CCCO1)[C@H](c1ccccc1)N(Cc1ccccc1)C(=O)COc1ccccc1Cl. The van der Waals surface area contributed by atoms with E-state index in [9.17, 15) is 9.59 Å². The Labute approximate surface area is 210 Å². The van der Waals surface area contributed by atoms with Crippen LogP contribution in [0.2, 0.25) is 5.02 Å². The van der Waals surface area contributed by atoms with Gasteiger partial charge in [-0.05, 0) is 36.1 Å². The first-order valence-corrected chi connectivity index (χ1v) is 12.1. The van der Waals surface area contributed by atoms with Crippen LogP contribution in [0.15, 0.2) is 84.9 Å². The second kappa shape index (κ2) is 12.4. The quantitative estimate of drug-likeness (QED) is 0.442. The number of hydrogen-bond acceptors (Lipinski definition) is 4. The number of ether oxygens (including phenoxy) is 2. The number of nitrogens with one attached hydrogen (secondary N) is 1. The fourth-order valence-corrected chi connectivity index (χ4v) is 4.30. The largest absolute Gasteiger partial charge is 0.482 e. The van der Waals surface area contributed by atoms with Crippen LogP contribution in [0.3, 0.4) is 0 Å². The van der Waals surface area contributed by atoms with Gasteiger partial charge in [-0.3, -0.25) is 9.59 Å². The predicted molar refractivity (Wildman–Crippen MR) is 135 cm³/mol. The Morgan fingerprint density at radius 2 is 1.69 bits per heavy atom. The van der Waals surface area contributed by atoms with E-state index < -0.39 is 6.04 Å². The van der Waals surface area contributed by atoms with Crippen molar-refractivity contribution in [3.63, 3.8) is 0 Å². The minimum Gasteiger partial charge on any atom is -0.482 e. The van der Waals surface area contributed by atoms with Gasteiger partial charge >= 0.3 is 0 Å². The standard InChI is InChI=1S/C28H29ClN2O4/c29-24-15-7-8-16-25(24)35-20-26(32)31(19-21-10-3-1-4-11-21)27(22-12-5-2-6-13-22)28(33)30-18-23-14-9-17-34-23/h1-8,10-13,15-16,23,27H,9,14,17-20H2,(H,30,33)/t23-,27-/m0/s1. The number of halogens is 1. The van der Waals surface area contributed by atoms with Crippen molar-refractivity contribution < 1.29 is 19.1 Å². The minimum absolute atomic E-state index is 0.00259. The third kappa shape index (κ3) is 6.84. The summed E-state index contributed by atoms with van der Waals surface area (Å²) in [5.41, 5.74) is 1.63. The lowest BCUT2D eigenvalue weighted by molar-refractivity contribution is -0.143. The first-order valence-electron chi connectivity index (χ1n) is 11.8. The van der Waals surface area contributed by atoms with Gasteiger partial charge in [0.2, 0.25) is 5.91 Å². The zero-order valence-electron chi connectivity index (χ0n) is 19.4. The van der Waals surface area contributed by atoms with Crippen molar-refractivity contribution in [2.75, 3.05) is 19.8 Å². The van der Waals surface area contributed by atoms with Crippen LogP contribution in [0.5, 0.6) is 5.75 Å². The Balaban J connectivity index is 1.60. The number of para-hydroxylation sites is 1. The summed E-state index contributed by atoms with van der Waals surface area (Å²) < 4.78 is 11.4. The van der Waals surface area contributed by atoms with Gasteiger partial charge in [0, 0.05) is 19.7 Å². The highest BCUT2D eigenvalue weighted by molar-refractivity contribution is 6.32. The maximum atomic E-state index is 13.6. The van der Waals surface area contributed by atoms with Crippen molar-refractivity contribution in [1.29, 1.82) is 0 Å². The van der Waals surface area contributed by atoms with Crippen LogP contribution in [-0.4, -0.2) is 42.6 Å². The Hall–Kier alpha value is -3.35. The van der Waals surface area contributed by atoms with E-state index in [2.05, 4.69) is 5.32 Å². The molecule has 1 fully saturated rings. The molecule has 0 bridgehead atoms. The molecule has 35 heavy (non-hydrogen) atoms. The maximum absolute atomic E-state index is 13.6. The Morgan fingerprint density at radius 3 is 2.37 bits per heavy atom. The molecule has 7 heteroatoms. The third-order valence-corrected chi connectivity index (χ3v) is 6.22. The predicted octanol–water partition coefficient (Wildman–Crippen LogP) is 4.78. The lowest BCUT2D eigenvalue weighted by Gasteiger charge is -2.32. The number of carbonyl (C=O) groups is 2. The van der Waals surface area contributed by atoms with Gasteiger partial charge in [0.1, 0.15) is 11.8 Å². The monoisotopic (exact) mass is 492 g/mol. The molecule has 2 amide bonds. The maximum Gasteiger partial charge on any atom is 0.261 e. The highest BCUT2D eigenvalue weighted by atomic mass is 35.5. The van der Waals surface area contributed by atoms with E-state index in [1.165, 1.54) is 0 Å². The summed E-state index contributed by atoms with van der Waals surface area (Å²) in [5.74, 6) is -0.162. The molecule has 1 N–H and O–H groups in total. The first-order chi connectivity index (χ1) is 17.1. The van der Waals surface area contributed by atoms with E-state index >= 15 is 0 Å². The highest BCUT2D eigenvalue weighted by Crippen LogP contribution is 2.26. The van der Waals surface area contributed by atoms with E-state index in [0.29, 0.717) is 23.9 Å². The summed E-state index contributed by atoms with van der Waals surface area (Å²) >= 11 is 6.20. The van der Waals surface area contributed by atoms with Gasteiger partial charge < -0.3 is 19.7 Å². The fraction of sp³-hybridized carbons (Fsp3) is 0.286. The summed E-state index contributed by atoms with van der Waals surface area (Å²) in [5, 5.41) is 3.43. The molecule has 2 atom stereocenters. The van der Waals surface area contributed by atoms with E-state index in [-0.39, 0.29) is 31.1 Å². The van der Waals surface area contributed by atoms with Crippen LogP contribution in [0.25, 0.3) is 0 Å². The van der Waals surface area contributed by atoms with Gasteiger partial charge in [-0.25, -0.2) is 0 Å². The normalized spacial score (nSPS) is 15.9. The molecule has 6 nitrogen and oxygen atoms in total. The molecule has 0 spiro atoms. The van der Waals surface area contributed by atoms with Gasteiger partial charge in [0.25, 0.3) is 5.91 Å². The van der Waals surface area contributed by atoms with Crippen LogP contribution in [0.4, 0.5) is 0 Å². The molecule has 0 unspecified atom stereocenters. The summed E-state index contributed by atoms with van der Waals surface area (Å²) in [6.07, 6.45) is 1.90. The molecular formula is C28H29ClN2O4. The van der Waals surface area contributed by atoms with E-state index in [1.54, 1.807) is 29.2 Å². The first kappa shape index (κ1) is 24.8. The second-order valence-electron chi connectivity index (χ2n) is 8.42. The number of benzene rings is 3. The zero-order chi connectivity index (χ0) is 24.5. The molecule has 0 saturated carbocycles. The Bertz CT molecular complexity index is 1100. The molecule has 4 rings (SSSR count). The summed E-state index contributed by atoms with van der Waals surface area (Å²) in [7, 11) is 0. The Morgan fingerprint density at radius 1 is 1.00 bits per heavy atom. The van der Waals surface area contributed by atoms with Gasteiger partial charge in [-0.2, -0.15) is 0 Å². The van der Waals surface area contributed by atoms with Gasteiger partial charge in [-0.15, -0.1) is 0 Å². The topological polar surface area (TPSA) is 67.9 Å². The van der Waals surface area contributed by atoms with Crippen LogP contribution >= 0.6 is 11.6 Å². The van der Waals surface area contributed by atoms with Gasteiger partial charge in [0.05, 0.1) is 11.1 Å². The molecule has 1 aliphatic rings. The minimum atomic E-state index is -0.833. The van der Waals surface area contributed by atoms with Crippen LogP contribution in [0, 0.1) is 0 Å². The van der Waals surface area contributed by atoms with Crippen molar-refractivity contribution in [3.8, 4) is 5.75 Å². The molecular weight excluding hydrogens is 464 g/mol. The van der Waals surface area contributed by atoms with E-state index in [4.69, 9.17) is 21.1 Å². The van der Waals surface area contributed by atoms with E-state index in [1.807, 2.05) is 60.7 Å². The molecule has 1 saturated heterocycles. The molecule has 0 aromatic heterocycles. The third-order valence-electron chi connectivity index (χ3n) is 5.91. The molecule has 0 radical (unpaired) electrons.